The Hall–Kier alpha value is -2.53. The number of hydrogen-bond donors (Lipinski definition) is 2. The summed E-state index contributed by atoms with van der Waals surface area (Å²) < 4.78 is 5.32. The molecular formula is C22H25ClN2O3. The van der Waals surface area contributed by atoms with Crippen LogP contribution in [0.5, 0.6) is 0 Å². The average molecular weight is 401 g/mol. The van der Waals surface area contributed by atoms with Crippen LogP contribution in [-0.2, 0) is 16.1 Å². The predicted octanol–water partition coefficient (Wildman–Crippen LogP) is 4.76. The van der Waals surface area contributed by atoms with E-state index in [0.29, 0.717) is 17.9 Å². The van der Waals surface area contributed by atoms with Crippen molar-refractivity contribution in [3.05, 3.63) is 70.7 Å². The second-order valence-corrected chi connectivity index (χ2v) is 7.60. The topological polar surface area (TPSA) is 67.4 Å². The van der Waals surface area contributed by atoms with Crippen molar-refractivity contribution in [2.45, 2.75) is 50.8 Å². The quantitative estimate of drug-likeness (QED) is 0.734. The smallest absolute Gasteiger partial charge is 0.408 e. The van der Waals surface area contributed by atoms with Crippen LogP contribution in [0.15, 0.2) is 54.6 Å². The average Bonchev–Trinajstić information content (AvgIpc) is 3.17. The van der Waals surface area contributed by atoms with Crippen LogP contribution in [0.2, 0.25) is 5.02 Å². The Morgan fingerprint density at radius 3 is 2.39 bits per heavy atom. The molecule has 2 N–H and O–H groups in total. The maximum absolute atomic E-state index is 13.0. The molecule has 0 aliphatic heterocycles. The van der Waals surface area contributed by atoms with Gasteiger partial charge in [-0.2, -0.15) is 0 Å². The molecule has 0 saturated heterocycles. The van der Waals surface area contributed by atoms with E-state index in [9.17, 15) is 9.59 Å². The SMILES string of the molecule is CC(NC(=O)C1(NC(=O)OCc2ccccc2)CCCC1)c1ccccc1Cl. The van der Waals surface area contributed by atoms with E-state index >= 15 is 0 Å². The van der Waals surface area contributed by atoms with E-state index in [2.05, 4.69) is 10.6 Å². The molecule has 2 amide bonds. The molecule has 0 radical (unpaired) electrons. The lowest BCUT2D eigenvalue weighted by molar-refractivity contribution is -0.128. The monoisotopic (exact) mass is 400 g/mol. The number of carbonyl (C=O) groups excluding carboxylic acids is 2. The molecule has 0 heterocycles. The Morgan fingerprint density at radius 2 is 1.71 bits per heavy atom. The van der Waals surface area contributed by atoms with Gasteiger partial charge in [-0.05, 0) is 37.0 Å². The maximum Gasteiger partial charge on any atom is 0.408 e. The number of amides is 2. The standard InChI is InChI=1S/C22H25ClN2O3/c1-16(18-11-5-6-12-19(18)23)24-20(26)22(13-7-8-14-22)25-21(27)28-15-17-9-3-2-4-10-17/h2-6,9-12,16H,7-8,13-15H2,1H3,(H,24,26)(H,25,27). The van der Waals surface area contributed by atoms with Crippen LogP contribution in [0.25, 0.3) is 0 Å². The summed E-state index contributed by atoms with van der Waals surface area (Å²) in [5.74, 6) is -0.200. The van der Waals surface area contributed by atoms with Gasteiger partial charge in [0, 0.05) is 5.02 Å². The normalized spacial score (nSPS) is 16.2. The fourth-order valence-electron chi connectivity index (χ4n) is 3.58. The van der Waals surface area contributed by atoms with Crippen molar-refractivity contribution >= 4 is 23.6 Å². The summed E-state index contributed by atoms with van der Waals surface area (Å²) in [6, 6.07) is 16.6. The second kappa shape index (κ2) is 9.11. The van der Waals surface area contributed by atoms with E-state index in [1.54, 1.807) is 6.07 Å². The third-order valence-corrected chi connectivity index (χ3v) is 5.51. The lowest BCUT2D eigenvalue weighted by atomic mass is 9.95. The highest BCUT2D eigenvalue weighted by Gasteiger charge is 2.43. The molecular weight excluding hydrogens is 376 g/mol. The van der Waals surface area contributed by atoms with Gasteiger partial charge in [0.2, 0.25) is 5.91 Å². The molecule has 0 spiro atoms. The number of alkyl carbamates (subject to hydrolysis) is 1. The Bertz CT molecular complexity index is 820. The number of hydrogen-bond acceptors (Lipinski definition) is 3. The van der Waals surface area contributed by atoms with Gasteiger partial charge in [-0.25, -0.2) is 4.79 Å². The van der Waals surface area contributed by atoms with Gasteiger partial charge in [-0.15, -0.1) is 0 Å². The molecule has 5 nitrogen and oxygen atoms in total. The largest absolute Gasteiger partial charge is 0.445 e. The van der Waals surface area contributed by atoms with Crippen molar-refractivity contribution in [2.24, 2.45) is 0 Å². The van der Waals surface area contributed by atoms with Gasteiger partial charge in [-0.3, -0.25) is 4.79 Å². The van der Waals surface area contributed by atoms with E-state index in [0.717, 1.165) is 24.0 Å². The summed E-state index contributed by atoms with van der Waals surface area (Å²) in [6.07, 6.45) is 2.37. The zero-order valence-corrected chi connectivity index (χ0v) is 16.7. The molecule has 1 aliphatic carbocycles. The van der Waals surface area contributed by atoms with E-state index in [4.69, 9.17) is 16.3 Å². The first-order valence-corrected chi connectivity index (χ1v) is 9.92. The van der Waals surface area contributed by atoms with E-state index in [-0.39, 0.29) is 18.6 Å². The molecule has 28 heavy (non-hydrogen) atoms. The van der Waals surface area contributed by atoms with Gasteiger partial charge in [0.15, 0.2) is 0 Å². The predicted molar refractivity (Wildman–Crippen MR) is 109 cm³/mol. The first-order chi connectivity index (χ1) is 13.5. The maximum atomic E-state index is 13.0. The summed E-state index contributed by atoms with van der Waals surface area (Å²) in [5, 5.41) is 6.44. The van der Waals surface area contributed by atoms with Crippen molar-refractivity contribution < 1.29 is 14.3 Å². The summed E-state index contributed by atoms with van der Waals surface area (Å²) in [5.41, 5.74) is 0.802. The van der Waals surface area contributed by atoms with E-state index < -0.39 is 11.6 Å². The molecule has 0 aromatic heterocycles. The molecule has 1 fully saturated rings. The van der Waals surface area contributed by atoms with Gasteiger partial charge in [-0.1, -0.05) is 73.0 Å². The molecule has 6 heteroatoms. The summed E-state index contributed by atoms with van der Waals surface area (Å²) in [4.78, 5) is 25.4. The molecule has 1 saturated carbocycles. The molecule has 1 atom stereocenters. The third-order valence-electron chi connectivity index (χ3n) is 5.17. The summed E-state index contributed by atoms with van der Waals surface area (Å²) >= 11 is 6.24. The van der Waals surface area contributed by atoms with Crippen molar-refractivity contribution in [3.63, 3.8) is 0 Å². The molecule has 2 aromatic rings. The number of ether oxygens (including phenoxy) is 1. The van der Waals surface area contributed by atoms with Crippen LogP contribution in [0.3, 0.4) is 0 Å². The van der Waals surface area contributed by atoms with Crippen LogP contribution in [0.1, 0.15) is 49.8 Å². The first-order valence-electron chi connectivity index (χ1n) is 9.54. The Balaban J connectivity index is 1.63. The molecule has 2 aromatic carbocycles. The van der Waals surface area contributed by atoms with Gasteiger partial charge >= 0.3 is 6.09 Å². The first kappa shape index (κ1) is 20.2. The highest BCUT2D eigenvalue weighted by Crippen LogP contribution is 2.31. The van der Waals surface area contributed by atoms with Crippen LogP contribution in [0, 0.1) is 0 Å². The van der Waals surface area contributed by atoms with Gasteiger partial charge in [0.25, 0.3) is 0 Å². The van der Waals surface area contributed by atoms with E-state index in [1.165, 1.54) is 0 Å². The van der Waals surface area contributed by atoms with Crippen molar-refractivity contribution in [1.82, 2.24) is 10.6 Å². The van der Waals surface area contributed by atoms with Crippen LogP contribution in [0.4, 0.5) is 4.79 Å². The van der Waals surface area contributed by atoms with Crippen molar-refractivity contribution in [2.75, 3.05) is 0 Å². The molecule has 148 valence electrons. The molecule has 0 bridgehead atoms. The van der Waals surface area contributed by atoms with Crippen molar-refractivity contribution in [1.29, 1.82) is 0 Å². The fraction of sp³-hybridized carbons (Fsp3) is 0.364. The highest BCUT2D eigenvalue weighted by atomic mass is 35.5. The zero-order valence-electron chi connectivity index (χ0n) is 15.9. The Morgan fingerprint density at radius 1 is 1.07 bits per heavy atom. The minimum Gasteiger partial charge on any atom is -0.445 e. The van der Waals surface area contributed by atoms with Crippen LogP contribution >= 0.6 is 11.6 Å². The van der Waals surface area contributed by atoms with Gasteiger partial charge in [0.1, 0.15) is 12.1 Å². The molecule has 3 rings (SSSR count). The van der Waals surface area contributed by atoms with Crippen LogP contribution < -0.4 is 10.6 Å². The minimum absolute atomic E-state index is 0.167. The van der Waals surface area contributed by atoms with Gasteiger partial charge < -0.3 is 15.4 Å². The highest BCUT2D eigenvalue weighted by molar-refractivity contribution is 6.31. The number of benzene rings is 2. The third kappa shape index (κ3) is 4.84. The number of nitrogens with one attached hydrogen (secondary N) is 2. The Kier molecular flexibility index (Phi) is 6.57. The zero-order chi connectivity index (χ0) is 20.0. The minimum atomic E-state index is -0.941. The fourth-order valence-corrected chi connectivity index (χ4v) is 3.88. The summed E-state index contributed by atoms with van der Waals surface area (Å²) in [7, 11) is 0. The summed E-state index contributed by atoms with van der Waals surface area (Å²) in [6.45, 7) is 2.05. The number of halogens is 1. The Labute approximate surface area is 170 Å². The van der Waals surface area contributed by atoms with E-state index in [1.807, 2.05) is 55.5 Å². The second-order valence-electron chi connectivity index (χ2n) is 7.19. The lowest BCUT2D eigenvalue weighted by Crippen LogP contribution is -2.57. The number of rotatable bonds is 6. The molecule has 1 aliphatic rings. The number of carbonyl (C=O) groups is 2. The lowest BCUT2D eigenvalue weighted by Gasteiger charge is -2.30. The van der Waals surface area contributed by atoms with Crippen molar-refractivity contribution in [3.8, 4) is 0 Å². The van der Waals surface area contributed by atoms with Crippen LogP contribution in [-0.4, -0.2) is 17.5 Å². The molecule has 1 unspecified atom stereocenters. The van der Waals surface area contributed by atoms with Gasteiger partial charge in [0.05, 0.1) is 6.04 Å².